The molecule has 4 heteroatoms. The molecule has 0 fully saturated rings. The van der Waals surface area contributed by atoms with E-state index in [4.69, 9.17) is 5.84 Å². The molecule has 2 nitrogen and oxygen atoms in total. The van der Waals surface area contributed by atoms with E-state index in [0.29, 0.717) is 17.9 Å². The maximum absolute atomic E-state index is 13.7. The Morgan fingerprint density at radius 1 is 1.19 bits per heavy atom. The molecule has 0 heterocycles. The Hall–Kier alpha value is -1.78. The van der Waals surface area contributed by atoms with E-state index in [2.05, 4.69) is 17.6 Å². The van der Waals surface area contributed by atoms with Crippen molar-refractivity contribution in [3.8, 4) is 0 Å². The van der Waals surface area contributed by atoms with Gasteiger partial charge in [-0.1, -0.05) is 30.3 Å². The van der Waals surface area contributed by atoms with E-state index >= 15 is 0 Å². The molecule has 0 saturated heterocycles. The van der Waals surface area contributed by atoms with Crippen LogP contribution in [0.25, 0.3) is 0 Å². The first kappa shape index (κ1) is 14.2. The lowest BCUT2D eigenvalue weighted by Crippen LogP contribution is -2.39. The Kier molecular flexibility index (Phi) is 3.99. The maximum Gasteiger partial charge on any atom is 0.129 e. The number of rotatable bonds is 5. The van der Waals surface area contributed by atoms with Gasteiger partial charge in [-0.15, -0.1) is 0 Å². The minimum atomic E-state index is -0.554. The Morgan fingerprint density at radius 2 is 2.00 bits per heavy atom. The number of nitrogens with two attached hydrogens (primary N) is 1. The van der Waals surface area contributed by atoms with Gasteiger partial charge in [-0.2, -0.15) is 0 Å². The summed E-state index contributed by atoms with van der Waals surface area (Å²) < 4.78 is 26.6. The summed E-state index contributed by atoms with van der Waals surface area (Å²) in [4.78, 5) is 0. The van der Waals surface area contributed by atoms with Crippen molar-refractivity contribution >= 4 is 0 Å². The fourth-order valence-corrected chi connectivity index (χ4v) is 3.08. The number of hydrogen-bond acceptors (Lipinski definition) is 2. The zero-order valence-corrected chi connectivity index (χ0v) is 11.7. The van der Waals surface area contributed by atoms with Crippen LogP contribution >= 0.6 is 0 Å². The normalized spacial score (nSPS) is 18.0. The second-order valence-corrected chi connectivity index (χ2v) is 5.64. The Balaban J connectivity index is 1.67. The minimum Gasteiger partial charge on any atom is -0.271 e. The van der Waals surface area contributed by atoms with Crippen LogP contribution in [-0.4, -0.2) is 6.04 Å². The van der Waals surface area contributed by atoms with Crippen molar-refractivity contribution in [3.63, 3.8) is 0 Å². The zero-order valence-electron chi connectivity index (χ0n) is 11.7. The van der Waals surface area contributed by atoms with Crippen LogP contribution in [0.3, 0.4) is 0 Å². The summed E-state index contributed by atoms with van der Waals surface area (Å²) in [5.74, 6) is 5.00. The van der Waals surface area contributed by atoms with Gasteiger partial charge in [0.15, 0.2) is 0 Å². The second kappa shape index (κ2) is 5.92. The molecule has 2 atom stereocenters. The second-order valence-electron chi connectivity index (χ2n) is 5.64. The number of benzene rings is 2. The fraction of sp³-hybridized carbons (Fsp3) is 0.294. The van der Waals surface area contributed by atoms with Gasteiger partial charge in [-0.05, 0) is 47.9 Å². The molecule has 2 aromatic rings. The van der Waals surface area contributed by atoms with Gasteiger partial charge in [0.05, 0.1) is 0 Å². The SMILES string of the molecule is NNC(Cc1ccc(F)cc1F)CC1Cc2ccccc21. The van der Waals surface area contributed by atoms with Crippen LogP contribution in [0.4, 0.5) is 8.78 Å². The molecule has 0 amide bonds. The van der Waals surface area contributed by atoms with Crippen LogP contribution in [0.2, 0.25) is 0 Å². The monoisotopic (exact) mass is 288 g/mol. The third kappa shape index (κ3) is 2.96. The zero-order chi connectivity index (χ0) is 14.8. The molecule has 3 N–H and O–H groups in total. The standard InChI is InChI=1S/C17H18F2N2/c18-14-6-5-12(17(19)10-14)8-15(21-20)9-13-7-11-3-1-2-4-16(11)13/h1-6,10,13,15,21H,7-9,20H2. The highest BCUT2D eigenvalue weighted by molar-refractivity contribution is 5.40. The van der Waals surface area contributed by atoms with Crippen molar-refractivity contribution < 1.29 is 8.78 Å². The summed E-state index contributed by atoms with van der Waals surface area (Å²) in [6.45, 7) is 0. The summed E-state index contributed by atoms with van der Waals surface area (Å²) >= 11 is 0. The van der Waals surface area contributed by atoms with E-state index < -0.39 is 11.6 Å². The van der Waals surface area contributed by atoms with Crippen LogP contribution < -0.4 is 11.3 Å². The lowest BCUT2D eigenvalue weighted by molar-refractivity contribution is 0.416. The third-order valence-electron chi connectivity index (χ3n) is 4.25. The summed E-state index contributed by atoms with van der Waals surface area (Å²) in [7, 11) is 0. The highest BCUT2D eigenvalue weighted by Crippen LogP contribution is 2.38. The van der Waals surface area contributed by atoms with E-state index in [9.17, 15) is 8.78 Å². The van der Waals surface area contributed by atoms with E-state index in [1.807, 2.05) is 12.1 Å². The highest BCUT2D eigenvalue weighted by atomic mass is 19.1. The number of halogens is 2. The topological polar surface area (TPSA) is 38.0 Å². The quantitative estimate of drug-likeness (QED) is 0.655. The molecule has 2 aromatic carbocycles. The molecule has 0 aromatic heterocycles. The van der Waals surface area contributed by atoms with Crippen molar-refractivity contribution in [2.45, 2.75) is 31.2 Å². The van der Waals surface area contributed by atoms with Gasteiger partial charge in [-0.3, -0.25) is 11.3 Å². The van der Waals surface area contributed by atoms with E-state index in [1.54, 1.807) is 0 Å². The molecule has 2 unspecified atom stereocenters. The summed E-state index contributed by atoms with van der Waals surface area (Å²) in [6, 6.07) is 12.0. The van der Waals surface area contributed by atoms with Gasteiger partial charge in [0, 0.05) is 12.1 Å². The molecule has 21 heavy (non-hydrogen) atoms. The fourth-order valence-electron chi connectivity index (χ4n) is 3.08. The van der Waals surface area contributed by atoms with Gasteiger partial charge in [0.25, 0.3) is 0 Å². The van der Waals surface area contributed by atoms with Crippen molar-refractivity contribution in [1.82, 2.24) is 5.43 Å². The summed E-state index contributed by atoms with van der Waals surface area (Å²) in [5, 5.41) is 0. The molecule has 0 saturated carbocycles. The average Bonchev–Trinajstić information content (AvgIpc) is 2.46. The van der Waals surface area contributed by atoms with Gasteiger partial charge in [0.2, 0.25) is 0 Å². The molecule has 1 aliphatic rings. The Bertz CT molecular complexity index is 642. The summed E-state index contributed by atoms with van der Waals surface area (Å²) in [5.41, 5.74) is 5.99. The Morgan fingerprint density at radius 3 is 2.71 bits per heavy atom. The third-order valence-corrected chi connectivity index (χ3v) is 4.25. The molecular formula is C17H18F2N2. The van der Waals surface area contributed by atoms with E-state index in [-0.39, 0.29) is 6.04 Å². The predicted molar refractivity (Wildman–Crippen MR) is 78.7 cm³/mol. The van der Waals surface area contributed by atoms with E-state index in [1.165, 1.54) is 23.3 Å². The average molecular weight is 288 g/mol. The number of fused-ring (bicyclic) bond motifs is 1. The van der Waals surface area contributed by atoms with Crippen molar-refractivity contribution in [3.05, 3.63) is 70.8 Å². The largest absolute Gasteiger partial charge is 0.271 e. The molecule has 110 valence electrons. The van der Waals surface area contributed by atoms with Crippen molar-refractivity contribution in [2.24, 2.45) is 5.84 Å². The molecule has 3 rings (SSSR count). The highest BCUT2D eigenvalue weighted by Gasteiger charge is 2.28. The van der Waals surface area contributed by atoms with E-state index in [0.717, 1.165) is 18.9 Å². The lowest BCUT2D eigenvalue weighted by Gasteiger charge is -2.33. The first-order chi connectivity index (χ1) is 10.2. The van der Waals surface area contributed by atoms with Crippen LogP contribution in [0.1, 0.15) is 29.0 Å². The molecule has 0 radical (unpaired) electrons. The molecule has 0 aliphatic heterocycles. The first-order valence-electron chi connectivity index (χ1n) is 7.15. The molecule has 0 spiro atoms. The first-order valence-corrected chi connectivity index (χ1v) is 7.15. The van der Waals surface area contributed by atoms with Crippen LogP contribution in [0, 0.1) is 11.6 Å². The van der Waals surface area contributed by atoms with Gasteiger partial charge < -0.3 is 0 Å². The summed E-state index contributed by atoms with van der Waals surface area (Å²) in [6.07, 6.45) is 2.35. The minimum absolute atomic E-state index is 0.0247. The number of hydrazine groups is 1. The molecule has 0 bridgehead atoms. The van der Waals surface area contributed by atoms with Crippen LogP contribution in [0.5, 0.6) is 0 Å². The smallest absolute Gasteiger partial charge is 0.129 e. The van der Waals surface area contributed by atoms with Gasteiger partial charge >= 0.3 is 0 Å². The lowest BCUT2D eigenvalue weighted by atomic mass is 9.74. The van der Waals surface area contributed by atoms with Crippen LogP contribution in [-0.2, 0) is 12.8 Å². The van der Waals surface area contributed by atoms with Gasteiger partial charge in [-0.25, -0.2) is 8.78 Å². The molecule has 1 aliphatic carbocycles. The number of nitrogens with one attached hydrogen (secondary N) is 1. The Labute approximate surface area is 122 Å². The van der Waals surface area contributed by atoms with Crippen molar-refractivity contribution in [2.75, 3.05) is 0 Å². The predicted octanol–water partition coefficient (Wildman–Crippen LogP) is 3.07. The van der Waals surface area contributed by atoms with Crippen molar-refractivity contribution in [1.29, 1.82) is 0 Å². The van der Waals surface area contributed by atoms with Gasteiger partial charge in [0.1, 0.15) is 11.6 Å². The molecular weight excluding hydrogens is 270 g/mol. The van der Waals surface area contributed by atoms with Crippen LogP contribution in [0.15, 0.2) is 42.5 Å². The number of hydrogen-bond donors (Lipinski definition) is 2. The maximum atomic E-state index is 13.7.